The Morgan fingerprint density at radius 3 is 2.00 bits per heavy atom. The van der Waals surface area contributed by atoms with Crippen LogP contribution in [0.2, 0.25) is 0 Å². The molecule has 1 saturated heterocycles. The molecule has 34 heavy (non-hydrogen) atoms. The van der Waals surface area contributed by atoms with Crippen molar-refractivity contribution < 1.29 is 23.8 Å². The van der Waals surface area contributed by atoms with Crippen molar-refractivity contribution in [1.82, 2.24) is 4.90 Å². The van der Waals surface area contributed by atoms with Gasteiger partial charge in [-0.25, -0.2) is 4.79 Å². The van der Waals surface area contributed by atoms with Crippen molar-refractivity contribution in [2.75, 3.05) is 26.2 Å². The number of rotatable bonds is 21. The molecule has 1 heterocycles. The zero-order valence-corrected chi connectivity index (χ0v) is 21.9. The maximum absolute atomic E-state index is 12.2. The Morgan fingerprint density at radius 1 is 0.794 bits per heavy atom. The van der Waals surface area contributed by atoms with Gasteiger partial charge >= 0.3 is 12.1 Å². The molecule has 1 unspecified atom stereocenters. The van der Waals surface area contributed by atoms with E-state index in [4.69, 9.17) is 14.2 Å². The summed E-state index contributed by atoms with van der Waals surface area (Å²) in [5.41, 5.74) is 0. The number of likely N-dealkylation sites (tertiary alicyclic amines) is 1. The number of ether oxygens (including phenoxy) is 3. The molecule has 0 aromatic carbocycles. The van der Waals surface area contributed by atoms with E-state index < -0.39 is 12.3 Å². The van der Waals surface area contributed by atoms with Crippen molar-refractivity contribution in [2.45, 2.75) is 128 Å². The van der Waals surface area contributed by atoms with E-state index in [0.717, 1.165) is 45.3 Å². The second-order valence-corrected chi connectivity index (χ2v) is 9.72. The third-order valence-corrected chi connectivity index (χ3v) is 6.38. The lowest BCUT2D eigenvalue weighted by Gasteiger charge is -2.18. The van der Waals surface area contributed by atoms with Gasteiger partial charge in [-0.3, -0.25) is 4.79 Å². The van der Waals surface area contributed by atoms with E-state index in [1.54, 1.807) is 0 Å². The van der Waals surface area contributed by atoms with Gasteiger partial charge < -0.3 is 19.1 Å². The van der Waals surface area contributed by atoms with Crippen molar-refractivity contribution in [3.05, 3.63) is 13.8 Å². The predicted octanol–water partition coefficient (Wildman–Crippen LogP) is 7.06. The molecular formula is C28H51NO5. The van der Waals surface area contributed by atoms with Crippen LogP contribution < -0.4 is 0 Å². The number of nitrogens with zero attached hydrogens (tertiary/aromatic N) is 1. The lowest BCUT2D eigenvalue weighted by molar-refractivity contribution is -0.145. The Hall–Kier alpha value is -1.30. The van der Waals surface area contributed by atoms with Crippen LogP contribution in [0.25, 0.3) is 0 Å². The number of unbranched alkanes of at least 4 members (excludes halogenated alkanes) is 9. The molecule has 1 aliphatic heterocycles. The monoisotopic (exact) mass is 481 g/mol. The lowest BCUT2D eigenvalue weighted by atomic mass is 10.0. The summed E-state index contributed by atoms with van der Waals surface area (Å²) in [4.78, 5) is 26.4. The van der Waals surface area contributed by atoms with Crippen molar-refractivity contribution in [3.8, 4) is 0 Å². The molecule has 0 spiro atoms. The van der Waals surface area contributed by atoms with E-state index in [1.807, 2.05) is 0 Å². The van der Waals surface area contributed by atoms with Crippen LogP contribution in [0.1, 0.15) is 116 Å². The average Bonchev–Trinajstić information content (AvgIpc) is 3.31. The summed E-state index contributed by atoms with van der Waals surface area (Å²) in [5, 5.41) is 0. The molecule has 198 valence electrons. The van der Waals surface area contributed by atoms with Crippen LogP contribution in [0.3, 0.4) is 0 Å². The third-order valence-electron chi connectivity index (χ3n) is 6.38. The van der Waals surface area contributed by atoms with Gasteiger partial charge in [-0.2, -0.15) is 0 Å². The summed E-state index contributed by atoms with van der Waals surface area (Å²) >= 11 is 0. The van der Waals surface area contributed by atoms with Crippen LogP contribution in [0.5, 0.6) is 0 Å². The second-order valence-electron chi connectivity index (χ2n) is 9.72. The largest absolute Gasteiger partial charge is 0.508 e. The molecular weight excluding hydrogens is 430 g/mol. The lowest BCUT2D eigenvalue weighted by Crippen LogP contribution is -2.23. The minimum absolute atomic E-state index is 0.219. The summed E-state index contributed by atoms with van der Waals surface area (Å²) in [6, 6.07) is 0. The summed E-state index contributed by atoms with van der Waals surface area (Å²) in [5.74, 6) is -0.308. The minimum Gasteiger partial charge on any atom is -0.462 e. The van der Waals surface area contributed by atoms with Crippen LogP contribution >= 0.6 is 0 Å². The van der Waals surface area contributed by atoms with Gasteiger partial charge in [-0.1, -0.05) is 64.7 Å². The highest BCUT2D eigenvalue weighted by atomic mass is 16.7. The molecule has 1 aliphatic rings. The highest BCUT2D eigenvalue weighted by molar-refractivity contribution is 5.69. The van der Waals surface area contributed by atoms with Crippen molar-refractivity contribution >= 4 is 12.1 Å². The standard InChI is InChI=1S/C28H51NO5/c1-4-5-6-7-8-9-10-11-12-13-18-26(19-16-20-27(30)33-25(2)3)34-28(31)32-24-17-23-29-21-14-15-22-29/h25-26H,2-24H2,1H3. The number of carbonyl (C=O) groups excluding carboxylic acids is 2. The van der Waals surface area contributed by atoms with Crippen LogP contribution in [0, 0.1) is 13.8 Å². The van der Waals surface area contributed by atoms with Crippen molar-refractivity contribution in [3.63, 3.8) is 0 Å². The Kier molecular flexibility index (Phi) is 19.0. The first kappa shape index (κ1) is 30.7. The molecule has 1 fully saturated rings. The summed E-state index contributed by atoms with van der Waals surface area (Å²) in [6.45, 7) is 13.0. The quantitative estimate of drug-likeness (QED) is 0.129. The highest BCUT2D eigenvalue weighted by Crippen LogP contribution is 2.17. The molecule has 6 heteroatoms. The van der Waals surface area contributed by atoms with Crippen LogP contribution in [0.15, 0.2) is 0 Å². The normalized spacial score (nSPS) is 14.9. The van der Waals surface area contributed by atoms with Crippen molar-refractivity contribution in [2.24, 2.45) is 0 Å². The highest BCUT2D eigenvalue weighted by Gasteiger charge is 2.17. The van der Waals surface area contributed by atoms with E-state index in [9.17, 15) is 9.59 Å². The van der Waals surface area contributed by atoms with E-state index >= 15 is 0 Å². The van der Waals surface area contributed by atoms with Gasteiger partial charge in [0.15, 0.2) is 0 Å². The number of hydrogen-bond acceptors (Lipinski definition) is 6. The molecule has 1 atom stereocenters. The summed E-state index contributed by atoms with van der Waals surface area (Å²) < 4.78 is 15.9. The average molecular weight is 482 g/mol. The van der Waals surface area contributed by atoms with Gasteiger partial charge in [-0.15, -0.1) is 0 Å². The molecule has 0 bridgehead atoms. The Morgan fingerprint density at radius 2 is 1.38 bits per heavy atom. The number of esters is 1. The molecule has 6 nitrogen and oxygen atoms in total. The van der Waals surface area contributed by atoms with E-state index in [1.165, 1.54) is 64.2 Å². The van der Waals surface area contributed by atoms with Gasteiger partial charge in [0.25, 0.3) is 0 Å². The van der Waals surface area contributed by atoms with E-state index in [2.05, 4.69) is 25.7 Å². The topological polar surface area (TPSA) is 65.1 Å². The van der Waals surface area contributed by atoms with Crippen LogP contribution in [0.4, 0.5) is 4.79 Å². The first-order valence-electron chi connectivity index (χ1n) is 13.9. The molecule has 1 rings (SSSR count). The van der Waals surface area contributed by atoms with Gasteiger partial charge in [0.1, 0.15) is 12.2 Å². The molecule has 0 aromatic rings. The fourth-order valence-corrected chi connectivity index (χ4v) is 4.46. The maximum atomic E-state index is 12.2. The molecule has 0 amide bonds. The zero-order valence-electron chi connectivity index (χ0n) is 21.9. The fourth-order valence-electron chi connectivity index (χ4n) is 4.46. The Labute approximate surface area is 209 Å². The smallest absolute Gasteiger partial charge is 0.462 e. The SMILES string of the molecule is [CH2]C([CH2])OC(=O)CCCC(CCCCCCCCCCCC)OC(=O)OCCCN1CCCC1. The Balaban J connectivity index is 2.22. The van der Waals surface area contributed by atoms with Gasteiger partial charge in [0.05, 0.1) is 6.61 Å². The minimum atomic E-state index is -0.596. The summed E-state index contributed by atoms with van der Waals surface area (Å²) in [6.07, 6.45) is 17.0. The molecule has 0 aliphatic carbocycles. The van der Waals surface area contributed by atoms with E-state index in [0.29, 0.717) is 19.4 Å². The molecule has 0 saturated carbocycles. The predicted molar refractivity (Wildman–Crippen MR) is 137 cm³/mol. The summed E-state index contributed by atoms with van der Waals surface area (Å²) in [7, 11) is 0. The zero-order chi connectivity index (χ0) is 24.9. The number of carbonyl (C=O) groups is 2. The Bertz CT molecular complexity index is 505. The third kappa shape index (κ3) is 18.1. The fraction of sp³-hybridized carbons (Fsp3) is 0.857. The van der Waals surface area contributed by atoms with Gasteiger partial charge in [-0.05, 0) is 71.9 Å². The van der Waals surface area contributed by atoms with Gasteiger partial charge in [0, 0.05) is 13.0 Å². The maximum Gasteiger partial charge on any atom is 0.508 e. The molecule has 0 aromatic heterocycles. The van der Waals surface area contributed by atoms with E-state index in [-0.39, 0.29) is 18.5 Å². The first-order chi connectivity index (χ1) is 16.5. The van der Waals surface area contributed by atoms with Crippen LogP contribution in [-0.4, -0.2) is 55.5 Å². The second kappa shape index (κ2) is 21.0. The molecule has 0 N–H and O–H groups in total. The number of hydrogen-bond donors (Lipinski definition) is 0. The van der Waals surface area contributed by atoms with Gasteiger partial charge in [0.2, 0.25) is 0 Å². The first-order valence-corrected chi connectivity index (χ1v) is 13.9. The molecule has 2 radical (unpaired) electrons. The van der Waals surface area contributed by atoms with Crippen molar-refractivity contribution in [1.29, 1.82) is 0 Å². The van der Waals surface area contributed by atoms with Crippen LogP contribution in [-0.2, 0) is 19.0 Å².